The van der Waals surface area contributed by atoms with E-state index in [2.05, 4.69) is 89.3 Å². The maximum absolute atomic E-state index is 5.32. The minimum Gasteiger partial charge on any atom is -0.383 e. The minimum absolute atomic E-state index is 0.741. The van der Waals surface area contributed by atoms with E-state index in [4.69, 9.17) is 4.74 Å². The first kappa shape index (κ1) is 18.4. The third kappa shape index (κ3) is 5.07. The Labute approximate surface area is 156 Å². The van der Waals surface area contributed by atoms with Gasteiger partial charge in [0, 0.05) is 45.2 Å². The van der Waals surface area contributed by atoms with Crippen LogP contribution in [0, 0.1) is 6.92 Å². The largest absolute Gasteiger partial charge is 0.383 e. The highest BCUT2D eigenvalue weighted by Crippen LogP contribution is 2.15. The highest BCUT2D eigenvalue weighted by Gasteiger charge is 2.11. The van der Waals surface area contributed by atoms with Gasteiger partial charge in [0.05, 0.1) is 6.61 Å². The second kappa shape index (κ2) is 9.37. The molecule has 136 valence electrons. The van der Waals surface area contributed by atoms with Crippen molar-refractivity contribution in [2.24, 2.45) is 0 Å². The lowest BCUT2D eigenvalue weighted by Gasteiger charge is -2.23. The topological polar surface area (TPSA) is 17.4 Å². The van der Waals surface area contributed by atoms with Crippen LogP contribution in [0.1, 0.15) is 22.4 Å². The first-order valence-corrected chi connectivity index (χ1v) is 9.20. The fourth-order valence-electron chi connectivity index (χ4n) is 3.22. The predicted octanol–water partition coefficient (Wildman–Crippen LogP) is 4.49. The molecule has 0 fully saturated rings. The molecule has 0 saturated heterocycles. The molecule has 0 bridgehead atoms. The average Bonchev–Trinajstić information content (AvgIpc) is 3.09. The molecule has 0 unspecified atom stereocenters. The Morgan fingerprint density at radius 2 is 1.65 bits per heavy atom. The van der Waals surface area contributed by atoms with Crippen LogP contribution in [0.25, 0.3) is 0 Å². The molecule has 26 heavy (non-hydrogen) atoms. The van der Waals surface area contributed by atoms with Gasteiger partial charge in [-0.1, -0.05) is 54.6 Å². The van der Waals surface area contributed by atoms with Gasteiger partial charge in [-0.15, -0.1) is 0 Å². The molecule has 0 atom stereocenters. The molecule has 1 aromatic heterocycles. The summed E-state index contributed by atoms with van der Waals surface area (Å²) in [4.78, 5) is 2.45. The van der Waals surface area contributed by atoms with Gasteiger partial charge in [-0.2, -0.15) is 0 Å². The van der Waals surface area contributed by atoms with Crippen molar-refractivity contribution in [2.75, 3.05) is 20.3 Å². The Balaban J connectivity index is 1.72. The molecule has 0 amide bonds. The van der Waals surface area contributed by atoms with Crippen molar-refractivity contribution >= 4 is 0 Å². The molecule has 0 saturated carbocycles. The fraction of sp³-hybridized carbons (Fsp3) is 0.304. The monoisotopic (exact) mass is 348 g/mol. The Morgan fingerprint density at radius 3 is 2.42 bits per heavy atom. The van der Waals surface area contributed by atoms with Crippen molar-refractivity contribution < 1.29 is 4.74 Å². The quantitative estimate of drug-likeness (QED) is 0.567. The third-order valence-corrected chi connectivity index (χ3v) is 4.77. The number of benzene rings is 2. The zero-order chi connectivity index (χ0) is 18.2. The maximum Gasteiger partial charge on any atom is 0.0589 e. The van der Waals surface area contributed by atoms with Crippen LogP contribution in [0.4, 0.5) is 0 Å². The van der Waals surface area contributed by atoms with Gasteiger partial charge < -0.3 is 9.30 Å². The van der Waals surface area contributed by atoms with Gasteiger partial charge in [-0.3, -0.25) is 4.90 Å². The molecule has 2 aromatic carbocycles. The van der Waals surface area contributed by atoms with Crippen LogP contribution in [-0.4, -0.2) is 29.7 Å². The Kier molecular flexibility index (Phi) is 6.64. The first-order valence-electron chi connectivity index (χ1n) is 9.20. The summed E-state index contributed by atoms with van der Waals surface area (Å²) < 4.78 is 7.68. The molecule has 3 aromatic rings. The van der Waals surface area contributed by atoms with E-state index >= 15 is 0 Å². The van der Waals surface area contributed by atoms with Crippen molar-refractivity contribution in [3.63, 3.8) is 0 Å². The average molecular weight is 348 g/mol. The van der Waals surface area contributed by atoms with E-state index < -0.39 is 0 Å². The second-order valence-electron chi connectivity index (χ2n) is 6.74. The van der Waals surface area contributed by atoms with E-state index in [1.165, 1.54) is 22.4 Å². The Hall–Kier alpha value is -2.36. The molecule has 3 heteroatoms. The highest BCUT2D eigenvalue weighted by molar-refractivity contribution is 5.26. The molecule has 3 nitrogen and oxygen atoms in total. The summed E-state index contributed by atoms with van der Waals surface area (Å²) in [6.07, 6.45) is 2.18. The van der Waals surface area contributed by atoms with Crippen molar-refractivity contribution in [3.05, 3.63) is 95.3 Å². The van der Waals surface area contributed by atoms with E-state index in [1.807, 2.05) is 0 Å². The molecule has 3 rings (SSSR count). The number of hydrogen-bond donors (Lipinski definition) is 0. The van der Waals surface area contributed by atoms with E-state index in [0.29, 0.717) is 0 Å². The first-order chi connectivity index (χ1) is 12.8. The summed E-state index contributed by atoms with van der Waals surface area (Å²) in [6, 6.07) is 23.6. The maximum atomic E-state index is 5.32. The number of aryl methyl sites for hydroxylation is 1. The van der Waals surface area contributed by atoms with Gasteiger partial charge in [-0.05, 0) is 35.7 Å². The van der Waals surface area contributed by atoms with Crippen LogP contribution in [-0.2, 0) is 24.4 Å². The lowest BCUT2D eigenvalue weighted by Crippen LogP contribution is -2.27. The van der Waals surface area contributed by atoms with E-state index in [-0.39, 0.29) is 0 Å². The van der Waals surface area contributed by atoms with Gasteiger partial charge in [-0.25, -0.2) is 0 Å². The molecule has 0 aliphatic rings. The van der Waals surface area contributed by atoms with Crippen LogP contribution in [0.3, 0.4) is 0 Å². The zero-order valence-electron chi connectivity index (χ0n) is 15.8. The number of hydrogen-bond acceptors (Lipinski definition) is 2. The summed E-state index contributed by atoms with van der Waals surface area (Å²) in [5.41, 5.74) is 5.38. The van der Waals surface area contributed by atoms with Crippen molar-refractivity contribution in [1.29, 1.82) is 0 Å². The van der Waals surface area contributed by atoms with E-state index in [9.17, 15) is 0 Å². The Bertz CT molecular complexity index is 795. The van der Waals surface area contributed by atoms with Crippen molar-refractivity contribution in [3.8, 4) is 0 Å². The molecule has 0 aliphatic heterocycles. The smallest absolute Gasteiger partial charge is 0.0589 e. The van der Waals surface area contributed by atoms with Gasteiger partial charge in [0.15, 0.2) is 0 Å². The number of methoxy groups -OCH3 is 1. The summed E-state index contributed by atoms with van der Waals surface area (Å²) in [6.45, 7) is 6.60. The van der Waals surface area contributed by atoms with Crippen LogP contribution in [0.5, 0.6) is 0 Å². The lowest BCUT2D eigenvalue weighted by atomic mass is 10.1. The number of ether oxygens (including phenoxy) is 1. The second-order valence-corrected chi connectivity index (χ2v) is 6.74. The number of nitrogens with zero attached hydrogens (tertiary/aromatic N) is 2. The summed E-state index contributed by atoms with van der Waals surface area (Å²) in [5.74, 6) is 0. The Morgan fingerprint density at radius 1 is 0.885 bits per heavy atom. The standard InChI is InChI=1S/C23H28N2O/c1-20-9-6-7-12-22(20)18-25-14-8-13-23(25)19-24(15-16-26-2)17-21-10-4-3-5-11-21/h3-14H,15-19H2,1-2H3. The highest BCUT2D eigenvalue weighted by atomic mass is 16.5. The van der Waals surface area contributed by atoms with Crippen molar-refractivity contribution in [2.45, 2.75) is 26.6 Å². The van der Waals surface area contributed by atoms with Gasteiger partial charge in [0.1, 0.15) is 0 Å². The molecule has 0 radical (unpaired) electrons. The summed E-state index contributed by atoms with van der Waals surface area (Å²) in [7, 11) is 1.77. The predicted molar refractivity (Wildman–Crippen MR) is 107 cm³/mol. The van der Waals surface area contributed by atoms with Crippen LogP contribution < -0.4 is 0 Å². The number of rotatable bonds is 9. The molecule has 0 aliphatic carbocycles. The van der Waals surface area contributed by atoms with Crippen LogP contribution in [0.15, 0.2) is 72.9 Å². The van der Waals surface area contributed by atoms with Crippen LogP contribution >= 0.6 is 0 Å². The SMILES string of the molecule is COCCN(Cc1ccccc1)Cc1cccn1Cc1ccccc1C. The molecule has 0 spiro atoms. The number of aromatic nitrogens is 1. The van der Waals surface area contributed by atoms with Crippen LogP contribution in [0.2, 0.25) is 0 Å². The molecular formula is C23H28N2O. The van der Waals surface area contributed by atoms with E-state index in [1.54, 1.807) is 7.11 Å². The minimum atomic E-state index is 0.741. The summed E-state index contributed by atoms with van der Waals surface area (Å²) in [5, 5.41) is 0. The normalized spacial score (nSPS) is 11.2. The van der Waals surface area contributed by atoms with Crippen molar-refractivity contribution in [1.82, 2.24) is 9.47 Å². The van der Waals surface area contributed by atoms with Gasteiger partial charge in [0.2, 0.25) is 0 Å². The summed E-state index contributed by atoms with van der Waals surface area (Å²) >= 11 is 0. The third-order valence-electron chi connectivity index (χ3n) is 4.77. The van der Waals surface area contributed by atoms with E-state index in [0.717, 1.165) is 32.8 Å². The van der Waals surface area contributed by atoms with Gasteiger partial charge in [0.25, 0.3) is 0 Å². The zero-order valence-corrected chi connectivity index (χ0v) is 15.8. The fourth-order valence-corrected chi connectivity index (χ4v) is 3.22. The molecule has 0 N–H and O–H groups in total. The molecular weight excluding hydrogens is 320 g/mol. The lowest BCUT2D eigenvalue weighted by molar-refractivity contribution is 0.138. The van der Waals surface area contributed by atoms with Gasteiger partial charge >= 0.3 is 0 Å². The molecule has 1 heterocycles.